The Morgan fingerprint density at radius 1 is 1.19 bits per heavy atom. The van der Waals surface area contributed by atoms with Gasteiger partial charge in [0.05, 0.1) is 5.92 Å². The first-order valence-corrected chi connectivity index (χ1v) is 7.81. The zero-order valence-electron chi connectivity index (χ0n) is 12.6. The van der Waals surface area contributed by atoms with Crippen LogP contribution in [0, 0.1) is 6.92 Å². The van der Waals surface area contributed by atoms with E-state index in [-0.39, 0.29) is 0 Å². The van der Waals surface area contributed by atoms with Crippen molar-refractivity contribution in [2.24, 2.45) is 0 Å². The molecular formula is C17H21N3O. The van der Waals surface area contributed by atoms with Crippen LogP contribution in [0.3, 0.4) is 0 Å². The summed E-state index contributed by atoms with van der Waals surface area (Å²) >= 11 is 0. The predicted octanol–water partition coefficient (Wildman–Crippen LogP) is 3.11. The zero-order valence-corrected chi connectivity index (χ0v) is 12.6. The second kappa shape index (κ2) is 4.95. The third kappa shape index (κ3) is 2.09. The summed E-state index contributed by atoms with van der Waals surface area (Å²) in [5.74, 6) is 2.36. The van der Waals surface area contributed by atoms with Crippen molar-refractivity contribution in [3.8, 4) is 0 Å². The molecule has 0 spiro atoms. The number of nitrogens with zero attached hydrogens (tertiary/aromatic N) is 3. The van der Waals surface area contributed by atoms with E-state index in [1.807, 2.05) is 6.92 Å². The normalized spacial score (nSPS) is 32.5. The van der Waals surface area contributed by atoms with Gasteiger partial charge in [0.1, 0.15) is 0 Å². The molecule has 3 unspecified atom stereocenters. The average molecular weight is 283 g/mol. The molecule has 4 nitrogen and oxygen atoms in total. The van der Waals surface area contributed by atoms with Crippen LogP contribution in [-0.2, 0) is 0 Å². The van der Waals surface area contributed by atoms with Gasteiger partial charge in [0.15, 0.2) is 5.82 Å². The maximum atomic E-state index is 5.57. The fourth-order valence-corrected chi connectivity index (χ4v) is 4.29. The molecule has 2 aliphatic heterocycles. The van der Waals surface area contributed by atoms with Gasteiger partial charge in [-0.15, -0.1) is 0 Å². The van der Waals surface area contributed by atoms with Crippen LogP contribution in [0.5, 0.6) is 0 Å². The van der Waals surface area contributed by atoms with E-state index < -0.39 is 0 Å². The molecule has 3 heterocycles. The SMILES string of the molecule is Cc1noc([C@@H]2C(c3ccccc3)CC3CCC2N3C)n1. The summed E-state index contributed by atoms with van der Waals surface area (Å²) < 4.78 is 5.57. The molecule has 1 aromatic carbocycles. The monoisotopic (exact) mass is 283 g/mol. The molecule has 0 aliphatic carbocycles. The van der Waals surface area contributed by atoms with Gasteiger partial charge in [-0.2, -0.15) is 4.98 Å². The van der Waals surface area contributed by atoms with Crippen LogP contribution in [0.25, 0.3) is 0 Å². The maximum absolute atomic E-state index is 5.57. The highest BCUT2D eigenvalue weighted by Crippen LogP contribution is 2.50. The van der Waals surface area contributed by atoms with Gasteiger partial charge in [0.2, 0.25) is 5.89 Å². The van der Waals surface area contributed by atoms with Gasteiger partial charge in [0.25, 0.3) is 0 Å². The minimum Gasteiger partial charge on any atom is -0.339 e. The van der Waals surface area contributed by atoms with Crippen LogP contribution >= 0.6 is 0 Å². The second-order valence-electron chi connectivity index (χ2n) is 6.42. The van der Waals surface area contributed by atoms with Crippen molar-refractivity contribution in [2.75, 3.05) is 7.05 Å². The smallest absolute Gasteiger partial charge is 0.231 e. The number of benzene rings is 1. The van der Waals surface area contributed by atoms with Crippen LogP contribution in [0.15, 0.2) is 34.9 Å². The molecule has 0 amide bonds. The van der Waals surface area contributed by atoms with Crippen LogP contribution < -0.4 is 0 Å². The third-order valence-electron chi connectivity index (χ3n) is 5.32. The molecule has 2 bridgehead atoms. The number of hydrogen-bond donors (Lipinski definition) is 0. The Balaban J connectivity index is 1.77. The summed E-state index contributed by atoms with van der Waals surface area (Å²) in [7, 11) is 2.25. The number of likely N-dealkylation sites (N-methyl/N-ethyl adjacent to an activating group) is 1. The Hall–Kier alpha value is -1.68. The number of rotatable bonds is 2. The fourth-order valence-electron chi connectivity index (χ4n) is 4.29. The Bertz CT molecular complexity index is 624. The lowest BCUT2D eigenvalue weighted by Gasteiger charge is -2.41. The number of piperidine rings is 1. The fraction of sp³-hybridized carbons (Fsp3) is 0.529. The highest BCUT2D eigenvalue weighted by Gasteiger charge is 2.48. The summed E-state index contributed by atoms with van der Waals surface area (Å²) in [4.78, 5) is 7.09. The Morgan fingerprint density at radius 2 is 2.00 bits per heavy atom. The minimum atomic E-state index is 0.317. The number of aryl methyl sites for hydroxylation is 1. The lowest BCUT2D eigenvalue weighted by Crippen LogP contribution is -2.44. The Kier molecular flexibility index (Phi) is 3.07. The van der Waals surface area contributed by atoms with Gasteiger partial charge in [-0.3, -0.25) is 4.90 Å². The molecule has 2 aromatic rings. The lowest BCUT2D eigenvalue weighted by atomic mass is 9.76. The number of aromatic nitrogens is 2. The van der Waals surface area contributed by atoms with Crippen molar-refractivity contribution in [1.82, 2.24) is 15.0 Å². The van der Waals surface area contributed by atoms with Gasteiger partial charge in [0, 0.05) is 12.1 Å². The molecule has 4 atom stereocenters. The van der Waals surface area contributed by atoms with Crippen molar-refractivity contribution in [3.05, 3.63) is 47.6 Å². The summed E-state index contributed by atoms with van der Waals surface area (Å²) in [6.45, 7) is 1.90. The molecule has 110 valence electrons. The lowest BCUT2D eigenvalue weighted by molar-refractivity contribution is 0.120. The van der Waals surface area contributed by atoms with Crippen LogP contribution in [0.2, 0.25) is 0 Å². The van der Waals surface area contributed by atoms with Gasteiger partial charge >= 0.3 is 0 Å². The van der Waals surface area contributed by atoms with E-state index in [2.05, 4.69) is 52.4 Å². The van der Waals surface area contributed by atoms with E-state index in [0.29, 0.717) is 23.9 Å². The standard InChI is InChI=1S/C17H21N3O/c1-11-18-17(21-19-11)16-14(12-6-4-3-5-7-12)10-13-8-9-15(16)20(13)2/h3-7,13-16H,8-10H2,1-2H3/t13?,14?,15?,16-/m1/s1. The van der Waals surface area contributed by atoms with Crippen molar-refractivity contribution in [2.45, 2.75) is 50.1 Å². The molecule has 2 fully saturated rings. The summed E-state index contributed by atoms with van der Waals surface area (Å²) in [6.07, 6.45) is 3.70. The maximum Gasteiger partial charge on any atom is 0.231 e. The van der Waals surface area contributed by atoms with Crippen molar-refractivity contribution in [3.63, 3.8) is 0 Å². The van der Waals surface area contributed by atoms with Crippen molar-refractivity contribution >= 4 is 0 Å². The first-order valence-electron chi connectivity index (χ1n) is 7.81. The third-order valence-corrected chi connectivity index (χ3v) is 5.32. The zero-order chi connectivity index (χ0) is 14.4. The van der Waals surface area contributed by atoms with Crippen LogP contribution in [-0.4, -0.2) is 34.2 Å². The first-order chi connectivity index (χ1) is 10.2. The molecule has 0 N–H and O–H groups in total. The molecule has 4 rings (SSSR count). The Morgan fingerprint density at radius 3 is 2.71 bits per heavy atom. The van der Waals surface area contributed by atoms with Crippen LogP contribution in [0.4, 0.5) is 0 Å². The van der Waals surface area contributed by atoms with E-state index in [1.54, 1.807) is 0 Å². The summed E-state index contributed by atoms with van der Waals surface area (Å²) in [6, 6.07) is 12.0. The molecule has 4 heteroatoms. The molecule has 2 saturated heterocycles. The van der Waals surface area contributed by atoms with Crippen molar-refractivity contribution in [1.29, 1.82) is 0 Å². The van der Waals surface area contributed by atoms with E-state index in [4.69, 9.17) is 4.52 Å². The average Bonchev–Trinajstić information content (AvgIpc) is 3.01. The van der Waals surface area contributed by atoms with E-state index in [9.17, 15) is 0 Å². The van der Waals surface area contributed by atoms with Gasteiger partial charge < -0.3 is 4.52 Å². The molecule has 21 heavy (non-hydrogen) atoms. The van der Waals surface area contributed by atoms with E-state index in [1.165, 1.54) is 24.8 Å². The number of hydrogen-bond acceptors (Lipinski definition) is 4. The molecule has 1 aromatic heterocycles. The van der Waals surface area contributed by atoms with Crippen molar-refractivity contribution < 1.29 is 4.52 Å². The quantitative estimate of drug-likeness (QED) is 0.849. The molecule has 0 saturated carbocycles. The van der Waals surface area contributed by atoms with Gasteiger partial charge in [-0.05, 0) is 44.7 Å². The van der Waals surface area contributed by atoms with E-state index >= 15 is 0 Å². The molecule has 0 radical (unpaired) electrons. The summed E-state index contributed by atoms with van der Waals surface area (Å²) in [5, 5.41) is 4.02. The second-order valence-corrected chi connectivity index (χ2v) is 6.42. The largest absolute Gasteiger partial charge is 0.339 e. The topological polar surface area (TPSA) is 42.2 Å². The van der Waals surface area contributed by atoms with Gasteiger partial charge in [-0.25, -0.2) is 0 Å². The number of fused-ring (bicyclic) bond motifs is 2. The van der Waals surface area contributed by atoms with Gasteiger partial charge in [-0.1, -0.05) is 35.5 Å². The highest BCUT2D eigenvalue weighted by atomic mass is 16.5. The Labute approximate surface area is 125 Å². The minimum absolute atomic E-state index is 0.317. The molecule has 2 aliphatic rings. The molecular weight excluding hydrogens is 262 g/mol. The summed E-state index contributed by atoms with van der Waals surface area (Å²) in [5.41, 5.74) is 1.41. The predicted molar refractivity (Wildman–Crippen MR) is 80.1 cm³/mol. The van der Waals surface area contributed by atoms with E-state index in [0.717, 1.165) is 11.7 Å². The van der Waals surface area contributed by atoms with Crippen LogP contribution in [0.1, 0.15) is 48.4 Å². The first kappa shape index (κ1) is 13.0. The highest BCUT2D eigenvalue weighted by molar-refractivity contribution is 5.27.